The van der Waals surface area contributed by atoms with Crippen molar-refractivity contribution in [3.8, 4) is 6.07 Å². The van der Waals surface area contributed by atoms with E-state index in [1.54, 1.807) is 6.92 Å². The Labute approximate surface area is 121 Å². The Morgan fingerprint density at radius 3 is 2.71 bits per heavy atom. The maximum atomic E-state index is 12.3. The minimum absolute atomic E-state index is 0.0122. The molecule has 1 N–H and O–H groups in total. The summed E-state index contributed by atoms with van der Waals surface area (Å²) >= 11 is 0. The van der Waals surface area contributed by atoms with Crippen LogP contribution in [0.15, 0.2) is 23.2 Å². The highest BCUT2D eigenvalue weighted by atomic mass is 32.2. The Balaban J connectivity index is 2.06. The molecule has 2 rings (SSSR count). The molecule has 21 heavy (non-hydrogen) atoms. The zero-order chi connectivity index (χ0) is 15.7. The number of ether oxygens (including phenoxy) is 1. The fourth-order valence-corrected chi connectivity index (χ4v) is 3.56. The van der Waals surface area contributed by atoms with Crippen LogP contribution in [0.4, 0.5) is 0 Å². The maximum Gasteiger partial charge on any atom is 0.329 e. The summed E-state index contributed by atoms with van der Waals surface area (Å²) in [5.74, 6) is -1.10. The molecular formula is C12H13N3O5S. The van der Waals surface area contributed by atoms with Crippen molar-refractivity contribution in [3.63, 3.8) is 0 Å². The number of carboxylic acids is 1. The predicted octanol–water partition coefficient (Wildman–Crippen LogP) is -0.183. The molecule has 0 amide bonds. The van der Waals surface area contributed by atoms with Crippen LogP contribution in [0.2, 0.25) is 0 Å². The van der Waals surface area contributed by atoms with Gasteiger partial charge in [-0.3, -0.25) is 0 Å². The Hall–Kier alpha value is -2.02. The maximum absolute atomic E-state index is 12.3. The van der Waals surface area contributed by atoms with Crippen LogP contribution in [0.1, 0.15) is 12.6 Å². The molecule has 1 aromatic rings. The Morgan fingerprint density at radius 2 is 2.24 bits per heavy atom. The summed E-state index contributed by atoms with van der Waals surface area (Å²) in [5.41, 5.74) is -0.668. The number of hydrogen-bond donors (Lipinski definition) is 1. The summed E-state index contributed by atoms with van der Waals surface area (Å²) in [7, 11) is -3.70. The number of carbonyl (C=O) groups is 1. The van der Waals surface area contributed by atoms with E-state index in [2.05, 4.69) is 4.98 Å². The van der Waals surface area contributed by atoms with Crippen molar-refractivity contribution < 1.29 is 23.1 Å². The monoisotopic (exact) mass is 311 g/mol. The van der Waals surface area contributed by atoms with Crippen LogP contribution in [0.5, 0.6) is 0 Å². The molecule has 1 aliphatic heterocycles. The van der Waals surface area contributed by atoms with E-state index in [9.17, 15) is 13.2 Å². The molecule has 0 saturated carbocycles. The Kier molecular flexibility index (Phi) is 3.95. The van der Waals surface area contributed by atoms with Gasteiger partial charge in [-0.2, -0.15) is 9.57 Å². The van der Waals surface area contributed by atoms with Crippen LogP contribution in [0.3, 0.4) is 0 Å². The smallest absolute Gasteiger partial charge is 0.329 e. The number of carboxylic acid groups (broad SMARTS) is 1. The number of nitriles is 1. The minimum atomic E-state index is -3.70. The van der Waals surface area contributed by atoms with E-state index in [4.69, 9.17) is 15.1 Å². The van der Waals surface area contributed by atoms with Gasteiger partial charge >= 0.3 is 5.97 Å². The quantitative estimate of drug-likeness (QED) is 0.800. The second kappa shape index (κ2) is 5.40. The SMILES string of the molecule is CC1(OCC(=O)O)CN(S(=O)(=O)c2ccc(C#N)nc2)C1. The van der Waals surface area contributed by atoms with Gasteiger partial charge in [-0.05, 0) is 19.1 Å². The number of nitrogens with zero attached hydrogens (tertiary/aromatic N) is 3. The van der Waals surface area contributed by atoms with E-state index in [1.807, 2.05) is 6.07 Å². The molecule has 1 saturated heterocycles. The second-order valence-electron chi connectivity index (χ2n) is 4.90. The second-order valence-corrected chi connectivity index (χ2v) is 6.83. The normalized spacial score (nSPS) is 17.7. The van der Waals surface area contributed by atoms with Gasteiger partial charge in [-0.1, -0.05) is 0 Å². The van der Waals surface area contributed by atoms with Crippen LogP contribution < -0.4 is 0 Å². The predicted molar refractivity (Wildman–Crippen MR) is 69.7 cm³/mol. The molecule has 1 aromatic heterocycles. The summed E-state index contributed by atoms with van der Waals surface area (Å²) in [6.45, 7) is 1.33. The lowest BCUT2D eigenvalue weighted by Gasteiger charge is -2.45. The number of aliphatic carboxylic acids is 1. The molecule has 0 unspecified atom stereocenters. The molecule has 0 aromatic carbocycles. The summed E-state index contributed by atoms with van der Waals surface area (Å²) in [6, 6.07) is 4.45. The van der Waals surface area contributed by atoms with Crippen LogP contribution >= 0.6 is 0 Å². The highest BCUT2D eigenvalue weighted by Crippen LogP contribution is 2.30. The van der Waals surface area contributed by atoms with Crippen molar-refractivity contribution in [2.75, 3.05) is 19.7 Å². The van der Waals surface area contributed by atoms with Crippen LogP contribution in [0, 0.1) is 11.3 Å². The van der Waals surface area contributed by atoms with Gasteiger partial charge in [0.25, 0.3) is 0 Å². The fourth-order valence-electron chi connectivity index (χ4n) is 1.95. The zero-order valence-corrected chi connectivity index (χ0v) is 12.0. The molecule has 9 heteroatoms. The molecule has 0 atom stereocenters. The Bertz CT molecular complexity index is 687. The van der Waals surface area contributed by atoms with Gasteiger partial charge in [-0.15, -0.1) is 0 Å². The largest absolute Gasteiger partial charge is 0.480 e. The molecule has 1 fully saturated rings. The van der Waals surface area contributed by atoms with Gasteiger partial charge in [0.1, 0.15) is 23.3 Å². The highest BCUT2D eigenvalue weighted by molar-refractivity contribution is 7.89. The molecule has 0 radical (unpaired) electrons. The van der Waals surface area contributed by atoms with Crippen molar-refractivity contribution in [1.82, 2.24) is 9.29 Å². The highest BCUT2D eigenvalue weighted by Gasteiger charge is 2.46. The van der Waals surface area contributed by atoms with Gasteiger partial charge in [0.05, 0.1) is 5.60 Å². The number of pyridine rings is 1. The first kappa shape index (κ1) is 15.4. The lowest BCUT2D eigenvalue weighted by molar-refractivity contribution is -0.157. The van der Waals surface area contributed by atoms with Crippen molar-refractivity contribution in [2.24, 2.45) is 0 Å². The van der Waals surface area contributed by atoms with E-state index in [0.29, 0.717) is 0 Å². The average Bonchev–Trinajstić information content (AvgIpc) is 2.42. The average molecular weight is 311 g/mol. The standard InChI is InChI=1S/C12H13N3O5S/c1-12(20-6-11(16)17)7-15(8-12)21(18,19)10-3-2-9(4-13)14-5-10/h2-3,5H,6-8H2,1H3,(H,16,17). The molecule has 2 heterocycles. The van der Waals surface area contributed by atoms with Crippen LogP contribution in [-0.4, -0.2) is 54.1 Å². The number of hydrogen-bond acceptors (Lipinski definition) is 6. The summed E-state index contributed by atoms with van der Waals surface area (Å²) in [5, 5.41) is 17.2. The minimum Gasteiger partial charge on any atom is -0.480 e. The third kappa shape index (κ3) is 3.18. The van der Waals surface area contributed by atoms with Crippen molar-refractivity contribution in [3.05, 3.63) is 24.0 Å². The topological polar surface area (TPSA) is 121 Å². The first-order valence-electron chi connectivity index (χ1n) is 5.99. The van der Waals surface area contributed by atoms with Crippen molar-refractivity contribution >= 4 is 16.0 Å². The molecule has 0 bridgehead atoms. The van der Waals surface area contributed by atoms with E-state index in [-0.39, 0.29) is 23.7 Å². The summed E-state index contributed by atoms with van der Waals surface area (Å²) in [4.78, 5) is 14.2. The van der Waals surface area contributed by atoms with Gasteiger partial charge in [0.15, 0.2) is 0 Å². The third-order valence-corrected chi connectivity index (χ3v) is 4.83. The fraction of sp³-hybridized carbons (Fsp3) is 0.417. The van der Waals surface area contributed by atoms with Crippen molar-refractivity contribution in [2.45, 2.75) is 17.4 Å². The number of sulfonamides is 1. The van der Waals surface area contributed by atoms with Crippen LogP contribution in [0.25, 0.3) is 0 Å². The van der Waals surface area contributed by atoms with E-state index >= 15 is 0 Å². The number of rotatable bonds is 5. The van der Waals surface area contributed by atoms with E-state index < -0.39 is 28.2 Å². The molecule has 0 aliphatic carbocycles. The lowest BCUT2D eigenvalue weighted by Crippen LogP contribution is -2.63. The molecule has 8 nitrogen and oxygen atoms in total. The number of aromatic nitrogens is 1. The van der Waals surface area contributed by atoms with Crippen LogP contribution in [-0.2, 0) is 19.6 Å². The van der Waals surface area contributed by atoms with Gasteiger partial charge in [0.2, 0.25) is 10.0 Å². The Morgan fingerprint density at radius 1 is 1.57 bits per heavy atom. The van der Waals surface area contributed by atoms with E-state index in [1.165, 1.54) is 16.4 Å². The summed E-state index contributed by atoms with van der Waals surface area (Å²) in [6.07, 6.45) is 1.13. The lowest BCUT2D eigenvalue weighted by atomic mass is 10.0. The molecule has 0 spiro atoms. The first-order valence-corrected chi connectivity index (χ1v) is 7.43. The summed E-state index contributed by atoms with van der Waals surface area (Å²) < 4.78 is 30.9. The third-order valence-electron chi connectivity index (χ3n) is 3.05. The molecule has 112 valence electrons. The van der Waals surface area contributed by atoms with Gasteiger partial charge in [-0.25, -0.2) is 18.2 Å². The van der Waals surface area contributed by atoms with E-state index in [0.717, 1.165) is 6.20 Å². The van der Waals surface area contributed by atoms with Gasteiger partial charge in [0, 0.05) is 19.3 Å². The van der Waals surface area contributed by atoms with Crippen molar-refractivity contribution in [1.29, 1.82) is 5.26 Å². The molecule has 1 aliphatic rings. The van der Waals surface area contributed by atoms with Gasteiger partial charge < -0.3 is 9.84 Å². The zero-order valence-electron chi connectivity index (χ0n) is 11.2. The first-order chi connectivity index (χ1) is 9.77. The molecular weight excluding hydrogens is 298 g/mol.